The van der Waals surface area contributed by atoms with E-state index in [1.54, 1.807) is 19.1 Å². The highest BCUT2D eigenvalue weighted by atomic mass is 16.4. The van der Waals surface area contributed by atoms with Crippen molar-refractivity contribution in [2.75, 3.05) is 0 Å². The number of phenols is 1. The zero-order valence-electron chi connectivity index (χ0n) is 18.4. The van der Waals surface area contributed by atoms with Crippen LogP contribution < -0.4 is 5.73 Å². The average molecular weight is 467 g/mol. The van der Waals surface area contributed by atoms with Crippen LogP contribution in [-0.4, -0.2) is 54.7 Å². The maximum absolute atomic E-state index is 13.6. The summed E-state index contributed by atoms with van der Waals surface area (Å²) in [6.45, 7) is 1.71. The number of amides is 1. The van der Waals surface area contributed by atoms with Crippen LogP contribution in [-0.2, 0) is 14.4 Å². The van der Waals surface area contributed by atoms with Gasteiger partial charge < -0.3 is 31.3 Å². The van der Waals surface area contributed by atoms with E-state index in [1.165, 1.54) is 0 Å². The van der Waals surface area contributed by atoms with Crippen molar-refractivity contribution >= 4 is 28.8 Å². The molecule has 9 heteroatoms. The Morgan fingerprint density at radius 2 is 1.88 bits per heavy atom. The van der Waals surface area contributed by atoms with E-state index in [2.05, 4.69) is 0 Å². The van der Waals surface area contributed by atoms with E-state index < -0.39 is 70.4 Å². The molecule has 0 aliphatic heterocycles. The Morgan fingerprint density at radius 3 is 2.50 bits per heavy atom. The average Bonchev–Trinajstić information content (AvgIpc) is 3.31. The number of primary amides is 1. The van der Waals surface area contributed by atoms with Crippen LogP contribution in [0.3, 0.4) is 0 Å². The van der Waals surface area contributed by atoms with Crippen molar-refractivity contribution in [2.45, 2.75) is 50.2 Å². The molecule has 0 saturated heterocycles. The predicted octanol–water partition coefficient (Wildman–Crippen LogP) is 1.52. The van der Waals surface area contributed by atoms with Crippen LogP contribution in [0.4, 0.5) is 0 Å². The number of carbonyl (C=O) groups is 3. The van der Waals surface area contributed by atoms with Gasteiger partial charge in [0.1, 0.15) is 22.8 Å². The number of benzene rings is 1. The van der Waals surface area contributed by atoms with Gasteiger partial charge in [-0.25, -0.2) is 0 Å². The van der Waals surface area contributed by atoms with Crippen LogP contribution in [0.1, 0.15) is 55.2 Å². The summed E-state index contributed by atoms with van der Waals surface area (Å²) in [5.74, 6) is -8.44. The molecule has 4 aliphatic rings. The number of rotatable bonds is 2. The highest BCUT2D eigenvalue weighted by Gasteiger charge is 2.64. The number of fused-ring (bicyclic) bond motifs is 3. The highest BCUT2D eigenvalue weighted by molar-refractivity contribution is 6.23. The molecule has 7 N–H and O–H groups in total. The first-order valence-corrected chi connectivity index (χ1v) is 11.2. The van der Waals surface area contributed by atoms with E-state index in [9.17, 15) is 39.9 Å². The van der Waals surface area contributed by atoms with Gasteiger partial charge in [0.15, 0.2) is 11.4 Å². The summed E-state index contributed by atoms with van der Waals surface area (Å²) < 4.78 is 0. The number of hydrogen-bond acceptors (Lipinski definition) is 8. The van der Waals surface area contributed by atoms with Gasteiger partial charge in [-0.2, -0.15) is 0 Å². The van der Waals surface area contributed by atoms with Gasteiger partial charge in [-0.05, 0) is 36.3 Å². The third kappa shape index (κ3) is 2.65. The molecule has 0 unspecified atom stereocenters. The van der Waals surface area contributed by atoms with E-state index in [-0.39, 0.29) is 16.9 Å². The predicted molar refractivity (Wildman–Crippen MR) is 119 cm³/mol. The van der Waals surface area contributed by atoms with Crippen molar-refractivity contribution in [3.8, 4) is 5.75 Å². The largest absolute Gasteiger partial charge is 0.508 e. The Bertz CT molecular complexity index is 1270. The first kappa shape index (κ1) is 22.4. The van der Waals surface area contributed by atoms with Crippen LogP contribution >= 0.6 is 0 Å². The number of allylic oxidation sites excluding steroid dienone is 2. The molecule has 5 rings (SSSR count). The fourth-order valence-electron chi connectivity index (χ4n) is 6.17. The zero-order chi connectivity index (χ0) is 24.7. The molecular formula is C25H25NO8. The normalized spacial score (nSPS) is 32.9. The first-order valence-electron chi connectivity index (χ1n) is 11.2. The van der Waals surface area contributed by atoms with Gasteiger partial charge in [-0.15, -0.1) is 0 Å². The molecule has 1 fully saturated rings. The molecule has 1 saturated carbocycles. The number of aliphatic hydroxyl groups is 4. The van der Waals surface area contributed by atoms with Crippen LogP contribution in [0.5, 0.6) is 5.75 Å². The minimum Gasteiger partial charge on any atom is -0.508 e. The monoisotopic (exact) mass is 467 g/mol. The van der Waals surface area contributed by atoms with Crippen molar-refractivity contribution in [3.63, 3.8) is 0 Å². The minimum absolute atomic E-state index is 0.0251. The second kappa shape index (κ2) is 7.28. The number of phenolic OH excluding ortho intramolecular Hbond substituents is 1. The van der Waals surface area contributed by atoms with E-state index >= 15 is 0 Å². The van der Waals surface area contributed by atoms with Gasteiger partial charge in [-0.3, -0.25) is 14.4 Å². The zero-order valence-corrected chi connectivity index (χ0v) is 18.4. The van der Waals surface area contributed by atoms with Gasteiger partial charge in [-0.1, -0.05) is 25.1 Å². The van der Waals surface area contributed by atoms with E-state index in [0.717, 1.165) is 24.8 Å². The minimum atomic E-state index is -2.82. The fraction of sp³-hybridized carbons (Fsp3) is 0.400. The highest BCUT2D eigenvalue weighted by Crippen LogP contribution is 2.56. The number of carbonyl (C=O) groups excluding carboxylic acids is 3. The molecule has 9 nitrogen and oxygen atoms in total. The van der Waals surface area contributed by atoms with Crippen LogP contribution in [0.2, 0.25) is 0 Å². The van der Waals surface area contributed by atoms with Gasteiger partial charge >= 0.3 is 0 Å². The van der Waals surface area contributed by atoms with Gasteiger partial charge in [0.25, 0.3) is 5.91 Å². The van der Waals surface area contributed by atoms with E-state index in [4.69, 9.17) is 5.73 Å². The summed E-state index contributed by atoms with van der Waals surface area (Å²) in [7, 11) is 0. The van der Waals surface area contributed by atoms with Crippen LogP contribution in [0.15, 0.2) is 35.1 Å². The molecule has 34 heavy (non-hydrogen) atoms. The van der Waals surface area contributed by atoms with Gasteiger partial charge in [0, 0.05) is 29.4 Å². The second-order valence-electron chi connectivity index (χ2n) is 9.53. The molecule has 0 spiro atoms. The molecule has 5 atom stereocenters. The Balaban J connectivity index is 1.75. The standard InChI is InChI=1S/C25H25NO8/c1-9-11-6-7-12(10-4-2-3-5-10)19(28)16(11)21(30)18-15(9)20(29)13-8-14(27)17(24(26)33)22(31)25(13,34)23(18)32/h4,6-7,9,13,15,20,28-31,34H,2-3,5,8H2,1H3,(H2,26,33)/t9-,13+,15+,20+,25+/m0/s1. The molecule has 0 aromatic heterocycles. The quantitative estimate of drug-likeness (QED) is 0.354. The molecule has 1 aromatic carbocycles. The van der Waals surface area contributed by atoms with Crippen LogP contribution in [0.25, 0.3) is 11.3 Å². The first-order chi connectivity index (χ1) is 16.0. The topological polar surface area (TPSA) is 178 Å². The smallest absolute Gasteiger partial charge is 0.255 e. The van der Waals surface area contributed by atoms with Crippen molar-refractivity contribution in [3.05, 3.63) is 51.8 Å². The Hall–Kier alpha value is -3.43. The van der Waals surface area contributed by atoms with Gasteiger partial charge in [0.2, 0.25) is 5.78 Å². The lowest BCUT2D eigenvalue weighted by Gasteiger charge is -2.50. The summed E-state index contributed by atoms with van der Waals surface area (Å²) in [5.41, 5.74) is 3.06. The van der Waals surface area contributed by atoms with E-state index in [0.29, 0.717) is 11.1 Å². The lowest BCUT2D eigenvalue weighted by Crippen LogP contribution is -2.63. The summed E-state index contributed by atoms with van der Waals surface area (Å²) in [5, 5.41) is 55.5. The fourth-order valence-corrected chi connectivity index (χ4v) is 6.17. The van der Waals surface area contributed by atoms with Crippen LogP contribution in [0, 0.1) is 11.8 Å². The van der Waals surface area contributed by atoms with Crippen molar-refractivity contribution in [1.82, 2.24) is 0 Å². The maximum Gasteiger partial charge on any atom is 0.255 e. The molecule has 0 heterocycles. The van der Waals surface area contributed by atoms with E-state index in [1.807, 2.05) is 6.08 Å². The SMILES string of the molecule is C[C@H]1c2ccc(C3=CCCC3)c(O)c2C(O)=C2C(=O)[C@]3(O)C(O)=C(C(N)=O)C(=O)C[C@@H]3[C@@H](O)[C@@H]21. The number of aromatic hydroxyl groups is 1. The summed E-state index contributed by atoms with van der Waals surface area (Å²) in [4.78, 5) is 37.8. The summed E-state index contributed by atoms with van der Waals surface area (Å²) >= 11 is 0. The number of nitrogens with two attached hydrogens (primary N) is 1. The molecule has 1 aromatic rings. The lowest BCUT2D eigenvalue weighted by molar-refractivity contribution is -0.160. The lowest BCUT2D eigenvalue weighted by atomic mass is 9.55. The molecule has 1 amide bonds. The van der Waals surface area contributed by atoms with Gasteiger partial charge in [0.05, 0.1) is 11.7 Å². The van der Waals surface area contributed by atoms with Crippen molar-refractivity contribution < 1.29 is 39.9 Å². The Morgan fingerprint density at radius 1 is 1.18 bits per heavy atom. The number of ketones is 2. The van der Waals surface area contributed by atoms with Crippen molar-refractivity contribution in [2.24, 2.45) is 17.6 Å². The third-order valence-corrected chi connectivity index (χ3v) is 7.89. The maximum atomic E-state index is 13.6. The molecular weight excluding hydrogens is 442 g/mol. The second-order valence-corrected chi connectivity index (χ2v) is 9.53. The summed E-state index contributed by atoms with van der Waals surface area (Å²) in [6, 6.07) is 3.47. The number of Topliss-reactive ketones (excluding diaryl/α,β-unsaturated/α-hetero) is 2. The molecule has 4 aliphatic carbocycles. The Kier molecular flexibility index (Phi) is 4.79. The number of aliphatic hydroxyl groups excluding tert-OH is 3. The molecule has 0 bridgehead atoms. The summed E-state index contributed by atoms with van der Waals surface area (Å²) in [6.07, 6.45) is 2.43. The molecule has 178 valence electrons. The molecule has 0 radical (unpaired) electrons. The third-order valence-electron chi connectivity index (χ3n) is 7.89. The van der Waals surface area contributed by atoms with Crippen molar-refractivity contribution in [1.29, 1.82) is 0 Å². The Labute approximate surface area is 194 Å². The number of hydrogen-bond donors (Lipinski definition) is 6.